The van der Waals surface area contributed by atoms with Gasteiger partial charge in [-0.2, -0.15) is 0 Å². The van der Waals surface area contributed by atoms with Crippen LogP contribution in [0.25, 0.3) is 0 Å². The van der Waals surface area contributed by atoms with Crippen molar-refractivity contribution in [2.24, 2.45) is 11.5 Å². The third kappa shape index (κ3) is 4.57. The summed E-state index contributed by atoms with van der Waals surface area (Å²) < 4.78 is 0. The highest BCUT2D eigenvalue weighted by molar-refractivity contribution is 4.70. The molecule has 0 spiro atoms. The lowest BCUT2D eigenvalue weighted by Crippen LogP contribution is -2.44. The molecular formula is C9H22N4. The third-order valence-corrected chi connectivity index (χ3v) is 2.56. The van der Waals surface area contributed by atoms with Crippen LogP contribution in [0.4, 0.5) is 0 Å². The molecule has 0 amide bonds. The molecule has 1 fully saturated rings. The standard InChI is InChI=1S/C9H22N4/c10-3-1-9(11)2-6-13-7-4-12-5-8-13/h9,12H,1-8,10-11H2. The van der Waals surface area contributed by atoms with Gasteiger partial charge in [0, 0.05) is 32.2 Å². The summed E-state index contributed by atoms with van der Waals surface area (Å²) in [6.45, 7) is 6.40. The zero-order valence-corrected chi connectivity index (χ0v) is 8.34. The van der Waals surface area contributed by atoms with Gasteiger partial charge in [0.15, 0.2) is 0 Å². The van der Waals surface area contributed by atoms with E-state index in [-0.39, 0.29) is 0 Å². The molecule has 1 aliphatic rings. The van der Waals surface area contributed by atoms with E-state index in [9.17, 15) is 0 Å². The number of nitrogens with two attached hydrogens (primary N) is 2. The van der Waals surface area contributed by atoms with Crippen LogP contribution in [0.15, 0.2) is 0 Å². The van der Waals surface area contributed by atoms with Crippen molar-refractivity contribution in [3.8, 4) is 0 Å². The number of hydrogen-bond donors (Lipinski definition) is 3. The summed E-state index contributed by atoms with van der Waals surface area (Å²) in [6.07, 6.45) is 2.03. The maximum atomic E-state index is 5.88. The summed E-state index contributed by atoms with van der Waals surface area (Å²) in [4.78, 5) is 2.47. The van der Waals surface area contributed by atoms with Crippen LogP contribution in [0, 0.1) is 0 Å². The average Bonchev–Trinajstić information content (AvgIpc) is 2.17. The van der Waals surface area contributed by atoms with Gasteiger partial charge in [-0.05, 0) is 25.9 Å². The molecule has 0 aromatic heterocycles. The molecule has 0 aromatic carbocycles. The topological polar surface area (TPSA) is 67.3 Å². The van der Waals surface area contributed by atoms with Gasteiger partial charge in [-0.1, -0.05) is 0 Å². The molecule has 1 atom stereocenters. The van der Waals surface area contributed by atoms with Crippen LogP contribution in [-0.2, 0) is 0 Å². The van der Waals surface area contributed by atoms with Crippen LogP contribution in [0.5, 0.6) is 0 Å². The zero-order chi connectivity index (χ0) is 9.52. The molecule has 1 rings (SSSR count). The molecular weight excluding hydrogens is 164 g/mol. The predicted octanol–water partition coefficient (Wildman–Crippen LogP) is -1.04. The number of hydrogen-bond acceptors (Lipinski definition) is 4. The Kier molecular flexibility index (Phi) is 5.31. The van der Waals surface area contributed by atoms with Gasteiger partial charge < -0.3 is 21.7 Å². The van der Waals surface area contributed by atoms with Gasteiger partial charge in [-0.25, -0.2) is 0 Å². The molecule has 0 aliphatic carbocycles. The minimum atomic E-state index is 0.292. The Hall–Kier alpha value is -0.160. The number of nitrogens with one attached hydrogen (secondary N) is 1. The van der Waals surface area contributed by atoms with E-state index in [0.29, 0.717) is 12.6 Å². The summed E-state index contributed by atoms with van der Waals surface area (Å²) in [7, 11) is 0. The number of piperazine rings is 1. The van der Waals surface area contributed by atoms with Gasteiger partial charge in [-0.15, -0.1) is 0 Å². The Morgan fingerprint density at radius 1 is 1.23 bits per heavy atom. The normalized spacial score (nSPS) is 21.7. The summed E-state index contributed by atoms with van der Waals surface area (Å²) in [5, 5.41) is 3.33. The molecule has 4 nitrogen and oxygen atoms in total. The van der Waals surface area contributed by atoms with E-state index in [1.807, 2.05) is 0 Å². The minimum Gasteiger partial charge on any atom is -0.330 e. The summed E-state index contributed by atoms with van der Waals surface area (Å²) in [5.74, 6) is 0. The number of rotatable bonds is 5. The van der Waals surface area contributed by atoms with Crippen LogP contribution in [-0.4, -0.2) is 50.2 Å². The molecule has 78 valence electrons. The van der Waals surface area contributed by atoms with Crippen LogP contribution in [0.1, 0.15) is 12.8 Å². The first kappa shape index (κ1) is 10.9. The summed E-state index contributed by atoms with van der Waals surface area (Å²) in [6, 6.07) is 0.292. The minimum absolute atomic E-state index is 0.292. The van der Waals surface area contributed by atoms with E-state index < -0.39 is 0 Å². The second kappa shape index (κ2) is 6.32. The fourth-order valence-corrected chi connectivity index (χ4v) is 1.64. The van der Waals surface area contributed by atoms with E-state index >= 15 is 0 Å². The van der Waals surface area contributed by atoms with Gasteiger partial charge >= 0.3 is 0 Å². The highest BCUT2D eigenvalue weighted by atomic mass is 15.2. The van der Waals surface area contributed by atoms with Crippen molar-refractivity contribution in [2.45, 2.75) is 18.9 Å². The third-order valence-electron chi connectivity index (χ3n) is 2.56. The Morgan fingerprint density at radius 3 is 2.54 bits per heavy atom. The highest BCUT2D eigenvalue weighted by Crippen LogP contribution is 1.98. The predicted molar refractivity (Wildman–Crippen MR) is 55.6 cm³/mol. The second-order valence-electron chi connectivity index (χ2n) is 3.72. The van der Waals surface area contributed by atoms with Crippen LogP contribution in [0.3, 0.4) is 0 Å². The van der Waals surface area contributed by atoms with Crippen LogP contribution < -0.4 is 16.8 Å². The van der Waals surface area contributed by atoms with Crippen molar-refractivity contribution in [3.05, 3.63) is 0 Å². The lowest BCUT2D eigenvalue weighted by Gasteiger charge is -2.28. The molecule has 13 heavy (non-hydrogen) atoms. The van der Waals surface area contributed by atoms with E-state index in [2.05, 4.69) is 10.2 Å². The van der Waals surface area contributed by atoms with Crippen molar-refractivity contribution in [3.63, 3.8) is 0 Å². The van der Waals surface area contributed by atoms with E-state index in [4.69, 9.17) is 11.5 Å². The van der Waals surface area contributed by atoms with Crippen LogP contribution in [0.2, 0.25) is 0 Å². The molecule has 1 heterocycles. The highest BCUT2D eigenvalue weighted by Gasteiger charge is 2.10. The fraction of sp³-hybridized carbons (Fsp3) is 1.00. The zero-order valence-electron chi connectivity index (χ0n) is 8.34. The van der Waals surface area contributed by atoms with Gasteiger partial charge in [0.05, 0.1) is 0 Å². The lowest BCUT2D eigenvalue weighted by atomic mass is 10.1. The Balaban J connectivity index is 2.03. The van der Waals surface area contributed by atoms with Crippen molar-refractivity contribution < 1.29 is 0 Å². The summed E-state index contributed by atoms with van der Waals surface area (Å²) >= 11 is 0. The average molecular weight is 186 g/mol. The largest absolute Gasteiger partial charge is 0.330 e. The molecule has 1 saturated heterocycles. The molecule has 1 unspecified atom stereocenters. The van der Waals surface area contributed by atoms with E-state index in [1.165, 1.54) is 0 Å². The van der Waals surface area contributed by atoms with Crippen molar-refractivity contribution in [1.29, 1.82) is 0 Å². The van der Waals surface area contributed by atoms with Gasteiger partial charge in [0.25, 0.3) is 0 Å². The molecule has 0 radical (unpaired) electrons. The van der Waals surface area contributed by atoms with Crippen molar-refractivity contribution in [2.75, 3.05) is 39.3 Å². The monoisotopic (exact) mass is 186 g/mol. The molecule has 5 N–H and O–H groups in total. The van der Waals surface area contributed by atoms with Gasteiger partial charge in [-0.3, -0.25) is 0 Å². The molecule has 0 aromatic rings. The molecule has 0 saturated carbocycles. The quantitative estimate of drug-likeness (QED) is 0.513. The van der Waals surface area contributed by atoms with Crippen molar-refractivity contribution >= 4 is 0 Å². The first-order valence-corrected chi connectivity index (χ1v) is 5.21. The molecule has 0 bridgehead atoms. The van der Waals surface area contributed by atoms with Gasteiger partial charge in [0.2, 0.25) is 0 Å². The molecule has 1 aliphatic heterocycles. The Bertz CT molecular complexity index is 123. The van der Waals surface area contributed by atoms with Gasteiger partial charge in [0.1, 0.15) is 0 Å². The lowest BCUT2D eigenvalue weighted by molar-refractivity contribution is 0.232. The smallest absolute Gasteiger partial charge is 0.0107 e. The van der Waals surface area contributed by atoms with Crippen molar-refractivity contribution in [1.82, 2.24) is 10.2 Å². The van der Waals surface area contributed by atoms with E-state index in [0.717, 1.165) is 45.6 Å². The Labute approximate surface area is 80.6 Å². The Morgan fingerprint density at radius 2 is 1.92 bits per heavy atom. The fourth-order valence-electron chi connectivity index (χ4n) is 1.64. The SMILES string of the molecule is NCCC(N)CCN1CCNCC1. The maximum Gasteiger partial charge on any atom is 0.0107 e. The van der Waals surface area contributed by atoms with Crippen LogP contribution >= 0.6 is 0 Å². The first-order valence-electron chi connectivity index (χ1n) is 5.21. The maximum absolute atomic E-state index is 5.88. The van der Waals surface area contributed by atoms with E-state index in [1.54, 1.807) is 0 Å². The first-order chi connectivity index (χ1) is 6.33. The second-order valence-corrected chi connectivity index (χ2v) is 3.72. The molecule has 4 heteroatoms. The number of nitrogens with zero attached hydrogens (tertiary/aromatic N) is 1. The summed E-state index contributed by atoms with van der Waals surface area (Å²) in [5.41, 5.74) is 11.3.